The first-order valence-corrected chi connectivity index (χ1v) is 7.92. The Morgan fingerprint density at radius 3 is 2.81 bits per heavy atom. The van der Waals surface area contributed by atoms with E-state index in [1.165, 1.54) is 13.3 Å². The van der Waals surface area contributed by atoms with Gasteiger partial charge >= 0.3 is 5.97 Å². The first-order valence-electron chi connectivity index (χ1n) is 7.92. The van der Waals surface area contributed by atoms with Gasteiger partial charge in [-0.2, -0.15) is 0 Å². The highest BCUT2D eigenvalue weighted by Crippen LogP contribution is 2.32. The number of carbonyl (C=O) groups excluding carboxylic acids is 1. The van der Waals surface area contributed by atoms with Crippen LogP contribution in [0.15, 0.2) is 55.0 Å². The molecule has 0 unspecified atom stereocenters. The second-order valence-corrected chi connectivity index (χ2v) is 5.63. The number of nitrogens with zero attached hydrogens (tertiary/aromatic N) is 2. The lowest BCUT2D eigenvalue weighted by atomic mass is 10.0. The number of hydrogen-bond acceptors (Lipinski definition) is 6. The first kappa shape index (κ1) is 17.5. The molecule has 0 saturated carbocycles. The van der Waals surface area contributed by atoms with Crippen LogP contribution in [0, 0.1) is 0 Å². The molecule has 0 aliphatic carbocycles. The fraction of sp³-hybridized carbons (Fsp3) is 0.158. The molecule has 1 heterocycles. The monoisotopic (exact) mass is 353 g/mol. The van der Waals surface area contributed by atoms with Crippen LogP contribution >= 0.6 is 0 Å². The maximum atomic E-state index is 11.8. The number of imidazole rings is 1. The zero-order chi connectivity index (χ0) is 18.5. The number of ether oxygens (including phenoxy) is 2. The second kappa shape index (κ2) is 7.71. The van der Waals surface area contributed by atoms with E-state index < -0.39 is 5.97 Å². The van der Waals surface area contributed by atoms with Crippen LogP contribution in [0.25, 0.3) is 11.1 Å². The van der Waals surface area contributed by atoms with Gasteiger partial charge in [-0.3, -0.25) is 10.7 Å². The molecule has 0 atom stereocenters. The average molecular weight is 353 g/mol. The minimum atomic E-state index is -0.432. The van der Waals surface area contributed by atoms with Gasteiger partial charge in [-0.15, -0.1) is 0 Å². The number of carbonyl (C=O) groups is 1. The van der Waals surface area contributed by atoms with Crippen LogP contribution in [0.5, 0.6) is 5.75 Å². The van der Waals surface area contributed by atoms with E-state index in [9.17, 15) is 4.79 Å². The van der Waals surface area contributed by atoms with Crippen molar-refractivity contribution in [2.45, 2.75) is 6.54 Å². The van der Waals surface area contributed by atoms with Crippen molar-refractivity contribution in [2.24, 2.45) is 0 Å². The Kier molecular flexibility index (Phi) is 5.19. The molecule has 134 valence electrons. The first-order chi connectivity index (χ1) is 12.7. The van der Waals surface area contributed by atoms with E-state index in [1.807, 2.05) is 36.4 Å². The number of benzene rings is 2. The number of anilines is 1. The van der Waals surface area contributed by atoms with Gasteiger partial charge in [0.15, 0.2) is 0 Å². The summed E-state index contributed by atoms with van der Waals surface area (Å²) in [6.07, 6.45) is 3.07. The van der Waals surface area contributed by atoms with Crippen molar-refractivity contribution < 1.29 is 19.5 Å². The Balaban J connectivity index is 1.98. The van der Waals surface area contributed by atoms with Crippen molar-refractivity contribution >= 4 is 11.7 Å². The number of esters is 1. The SMILES string of the molecule is COC(=O)c1cncn1Cc1ccc(OC)c(-c2cccc(NO)c2)c1. The molecule has 0 spiro atoms. The van der Waals surface area contributed by atoms with E-state index >= 15 is 0 Å². The Bertz CT molecular complexity index is 921. The average Bonchev–Trinajstić information content (AvgIpc) is 3.15. The van der Waals surface area contributed by atoms with Crippen LogP contribution in [0.3, 0.4) is 0 Å². The fourth-order valence-electron chi connectivity index (χ4n) is 2.75. The molecule has 3 rings (SSSR count). The van der Waals surface area contributed by atoms with Crippen LogP contribution in [0.1, 0.15) is 16.1 Å². The summed E-state index contributed by atoms with van der Waals surface area (Å²) in [5, 5.41) is 9.13. The topological polar surface area (TPSA) is 85.6 Å². The van der Waals surface area contributed by atoms with Crippen molar-refractivity contribution in [3.63, 3.8) is 0 Å². The highest BCUT2D eigenvalue weighted by atomic mass is 16.5. The third-order valence-electron chi connectivity index (χ3n) is 4.03. The van der Waals surface area contributed by atoms with Gasteiger partial charge in [-0.25, -0.2) is 9.78 Å². The molecule has 0 aliphatic heterocycles. The largest absolute Gasteiger partial charge is 0.496 e. The molecule has 7 nitrogen and oxygen atoms in total. The molecule has 1 aromatic heterocycles. The summed E-state index contributed by atoms with van der Waals surface area (Å²) in [6.45, 7) is 0.458. The molecule has 0 saturated heterocycles. The molecule has 7 heteroatoms. The van der Waals surface area contributed by atoms with E-state index in [4.69, 9.17) is 14.7 Å². The zero-order valence-electron chi connectivity index (χ0n) is 14.5. The summed E-state index contributed by atoms with van der Waals surface area (Å²) in [4.78, 5) is 15.8. The molecule has 2 N–H and O–H groups in total. The van der Waals surface area contributed by atoms with Crippen LogP contribution in [-0.2, 0) is 11.3 Å². The highest BCUT2D eigenvalue weighted by Gasteiger charge is 2.13. The summed E-state index contributed by atoms with van der Waals surface area (Å²) in [7, 11) is 2.95. The molecule has 0 bridgehead atoms. The van der Waals surface area contributed by atoms with Crippen molar-refractivity contribution in [2.75, 3.05) is 19.7 Å². The summed E-state index contributed by atoms with van der Waals surface area (Å²) in [5.41, 5.74) is 5.85. The van der Waals surface area contributed by atoms with Gasteiger partial charge in [0.25, 0.3) is 0 Å². The maximum absolute atomic E-state index is 11.8. The summed E-state index contributed by atoms with van der Waals surface area (Å²) < 4.78 is 12.0. The molecular formula is C19H19N3O4. The Morgan fingerprint density at radius 1 is 1.23 bits per heavy atom. The fourth-order valence-corrected chi connectivity index (χ4v) is 2.75. The van der Waals surface area contributed by atoms with Crippen molar-refractivity contribution in [1.29, 1.82) is 0 Å². The number of nitrogens with one attached hydrogen (secondary N) is 1. The summed E-state index contributed by atoms with van der Waals surface area (Å²) >= 11 is 0. The van der Waals surface area contributed by atoms with E-state index in [2.05, 4.69) is 10.5 Å². The number of rotatable bonds is 6. The van der Waals surface area contributed by atoms with Crippen molar-refractivity contribution in [3.05, 3.63) is 66.2 Å². The maximum Gasteiger partial charge on any atom is 0.356 e. The highest BCUT2D eigenvalue weighted by molar-refractivity contribution is 5.87. The van der Waals surface area contributed by atoms with Crippen molar-refractivity contribution in [1.82, 2.24) is 9.55 Å². The van der Waals surface area contributed by atoms with Gasteiger partial charge in [-0.05, 0) is 35.4 Å². The Morgan fingerprint density at radius 2 is 2.08 bits per heavy atom. The quantitative estimate of drug-likeness (QED) is 0.523. The molecule has 0 radical (unpaired) electrons. The van der Waals surface area contributed by atoms with E-state index in [0.717, 1.165) is 16.7 Å². The number of hydrogen-bond donors (Lipinski definition) is 2. The molecule has 2 aromatic carbocycles. The lowest BCUT2D eigenvalue weighted by Crippen LogP contribution is -2.10. The number of aromatic nitrogens is 2. The zero-order valence-corrected chi connectivity index (χ0v) is 14.5. The third kappa shape index (κ3) is 3.52. The van der Waals surface area contributed by atoms with Gasteiger partial charge in [0, 0.05) is 12.1 Å². The van der Waals surface area contributed by atoms with Gasteiger partial charge in [0.2, 0.25) is 0 Å². The van der Waals surface area contributed by atoms with Crippen LogP contribution < -0.4 is 10.2 Å². The predicted octanol–water partition coefficient (Wildman–Crippen LogP) is 3.19. The van der Waals surface area contributed by atoms with Crippen LogP contribution in [-0.4, -0.2) is 34.9 Å². The lowest BCUT2D eigenvalue weighted by molar-refractivity contribution is 0.0589. The van der Waals surface area contributed by atoms with Crippen LogP contribution in [0.2, 0.25) is 0 Å². The second-order valence-electron chi connectivity index (χ2n) is 5.63. The number of methoxy groups -OCH3 is 2. The summed E-state index contributed by atoms with van der Waals surface area (Å²) in [5.74, 6) is 0.278. The molecule has 0 aliphatic rings. The normalized spacial score (nSPS) is 10.4. The van der Waals surface area contributed by atoms with Gasteiger partial charge in [0.05, 0.1) is 32.4 Å². The van der Waals surface area contributed by atoms with Gasteiger partial charge in [0.1, 0.15) is 11.4 Å². The Hall–Kier alpha value is -3.32. The van der Waals surface area contributed by atoms with Crippen LogP contribution in [0.4, 0.5) is 5.69 Å². The smallest absolute Gasteiger partial charge is 0.356 e. The van der Waals surface area contributed by atoms with Gasteiger partial charge in [-0.1, -0.05) is 18.2 Å². The Labute approximate surface area is 150 Å². The standard InChI is InChI=1S/C19H19N3O4/c1-25-18-7-6-13(11-22-12-20-10-17(22)19(23)26-2)8-16(18)14-4-3-5-15(9-14)21-24/h3-10,12,21,24H,11H2,1-2H3. The van der Waals surface area contributed by atoms with Gasteiger partial charge < -0.3 is 14.0 Å². The molecule has 0 fully saturated rings. The minimum Gasteiger partial charge on any atom is -0.496 e. The lowest BCUT2D eigenvalue weighted by Gasteiger charge is -2.13. The predicted molar refractivity (Wildman–Crippen MR) is 96.5 cm³/mol. The third-order valence-corrected chi connectivity index (χ3v) is 4.03. The van der Waals surface area contributed by atoms with E-state index in [0.29, 0.717) is 23.7 Å². The molecule has 3 aromatic rings. The van der Waals surface area contributed by atoms with E-state index in [1.54, 1.807) is 24.1 Å². The molecule has 0 amide bonds. The molecule has 26 heavy (non-hydrogen) atoms. The van der Waals surface area contributed by atoms with Crippen molar-refractivity contribution in [3.8, 4) is 16.9 Å². The molecular weight excluding hydrogens is 334 g/mol. The van der Waals surface area contributed by atoms with E-state index in [-0.39, 0.29) is 0 Å². The summed E-state index contributed by atoms with van der Waals surface area (Å²) in [6, 6.07) is 13.1. The minimum absolute atomic E-state index is 0.386.